The standard InChI is InChI=1S/C19H25N5O/c1-13(2)18-20-8-6-17(21-18)23-11-14-7-10-24(16(14)12-23)19(25)15-5-4-9-22(15)3/h4-6,8-9,13-14,16H,7,10-12H2,1-3H3/t14-,16+/m0/s1. The number of likely N-dealkylation sites (tertiary alicyclic amines) is 1. The number of aromatic nitrogens is 3. The van der Waals surface area contributed by atoms with Crippen LogP contribution in [0.1, 0.15) is 42.5 Å². The minimum atomic E-state index is 0.146. The molecule has 2 aliphatic rings. The number of anilines is 1. The SMILES string of the molecule is CC(C)c1nccc(N2C[C@@H]3CCN(C(=O)c4cccn4C)[C@@H]3C2)n1. The molecule has 0 bridgehead atoms. The predicted molar refractivity (Wildman–Crippen MR) is 96.7 cm³/mol. The maximum atomic E-state index is 12.9. The van der Waals surface area contributed by atoms with Crippen LogP contribution in [0.4, 0.5) is 5.82 Å². The zero-order valence-corrected chi connectivity index (χ0v) is 15.1. The first-order valence-corrected chi connectivity index (χ1v) is 9.05. The van der Waals surface area contributed by atoms with E-state index in [1.807, 2.05) is 42.2 Å². The van der Waals surface area contributed by atoms with Gasteiger partial charge in [-0.1, -0.05) is 13.8 Å². The van der Waals surface area contributed by atoms with Gasteiger partial charge in [-0.2, -0.15) is 0 Å². The van der Waals surface area contributed by atoms with E-state index < -0.39 is 0 Å². The average Bonchev–Trinajstić information content (AvgIpc) is 3.29. The first-order valence-electron chi connectivity index (χ1n) is 9.05. The van der Waals surface area contributed by atoms with Crippen molar-refractivity contribution in [2.45, 2.75) is 32.2 Å². The van der Waals surface area contributed by atoms with Gasteiger partial charge >= 0.3 is 0 Å². The van der Waals surface area contributed by atoms with E-state index in [4.69, 9.17) is 4.98 Å². The van der Waals surface area contributed by atoms with E-state index in [9.17, 15) is 4.79 Å². The molecule has 2 atom stereocenters. The number of aryl methyl sites for hydroxylation is 1. The quantitative estimate of drug-likeness (QED) is 0.861. The van der Waals surface area contributed by atoms with Crippen LogP contribution in [0.2, 0.25) is 0 Å². The number of fused-ring (bicyclic) bond motifs is 1. The Labute approximate surface area is 148 Å². The molecule has 6 nitrogen and oxygen atoms in total. The van der Waals surface area contributed by atoms with E-state index in [-0.39, 0.29) is 11.9 Å². The molecule has 2 aromatic rings. The highest BCUT2D eigenvalue weighted by Gasteiger charge is 2.44. The van der Waals surface area contributed by atoms with Gasteiger partial charge in [0.05, 0.1) is 6.04 Å². The molecule has 6 heteroatoms. The second-order valence-electron chi connectivity index (χ2n) is 7.45. The summed E-state index contributed by atoms with van der Waals surface area (Å²) in [5.74, 6) is 2.86. The maximum absolute atomic E-state index is 12.9. The molecule has 0 spiro atoms. The van der Waals surface area contributed by atoms with E-state index >= 15 is 0 Å². The highest BCUT2D eigenvalue weighted by atomic mass is 16.2. The van der Waals surface area contributed by atoms with Gasteiger partial charge in [0.15, 0.2) is 0 Å². The molecular formula is C19H25N5O. The molecule has 0 unspecified atom stereocenters. The van der Waals surface area contributed by atoms with Crippen molar-refractivity contribution < 1.29 is 4.79 Å². The molecule has 0 aliphatic carbocycles. The van der Waals surface area contributed by atoms with Crippen LogP contribution in [0.15, 0.2) is 30.6 Å². The van der Waals surface area contributed by atoms with Gasteiger partial charge in [-0.05, 0) is 24.6 Å². The molecule has 2 aromatic heterocycles. The van der Waals surface area contributed by atoms with Crippen LogP contribution >= 0.6 is 0 Å². The summed E-state index contributed by atoms with van der Waals surface area (Å²) in [4.78, 5) is 26.4. The third-order valence-electron chi connectivity index (χ3n) is 5.47. The second kappa shape index (κ2) is 6.17. The molecule has 0 radical (unpaired) electrons. The summed E-state index contributed by atoms with van der Waals surface area (Å²) in [6.07, 6.45) is 4.84. The second-order valence-corrected chi connectivity index (χ2v) is 7.45. The van der Waals surface area contributed by atoms with E-state index in [1.54, 1.807) is 0 Å². The topological polar surface area (TPSA) is 54.3 Å². The van der Waals surface area contributed by atoms with Gasteiger partial charge in [0, 0.05) is 50.9 Å². The summed E-state index contributed by atoms with van der Waals surface area (Å²) in [5, 5.41) is 0. The van der Waals surface area contributed by atoms with Crippen LogP contribution in [0.3, 0.4) is 0 Å². The van der Waals surface area contributed by atoms with Gasteiger partial charge in [0.25, 0.3) is 5.91 Å². The van der Waals surface area contributed by atoms with Crippen molar-refractivity contribution in [3.05, 3.63) is 42.1 Å². The van der Waals surface area contributed by atoms with Crippen molar-refractivity contribution in [1.82, 2.24) is 19.4 Å². The summed E-state index contributed by atoms with van der Waals surface area (Å²) < 4.78 is 1.90. The van der Waals surface area contributed by atoms with Crippen LogP contribution in [-0.4, -0.2) is 51.0 Å². The van der Waals surface area contributed by atoms with E-state index in [0.29, 0.717) is 11.8 Å². The Morgan fingerprint density at radius 3 is 2.84 bits per heavy atom. The monoisotopic (exact) mass is 339 g/mol. The minimum Gasteiger partial charge on any atom is -0.354 e. The van der Waals surface area contributed by atoms with Crippen LogP contribution in [0, 0.1) is 5.92 Å². The normalized spacial score (nSPS) is 22.7. The van der Waals surface area contributed by atoms with Gasteiger partial charge < -0.3 is 14.4 Å². The average molecular weight is 339 g/mol. The fourth-order valence-electron chi connectivity index (χ4n) is 4.05. The lowest BCUT2D eigenvalue weighted by Crippen LogP contribution is -2.40. The summed E-state index contributed by atoms with van der Waals surface area (Å²) in [6.45, 7) is 6.90. The van der Waals surface area contributed by atoms with Crippen molar-refractivity contribution >= 4 is 11.7 Å². The molecule has 25 heavy (non-hydrogen) atoms. The molecule has 0 saturated carbocycles. The highest BCUT2D eigenvalue weighted by molar-refractivity contribution is 5.93. The molecular weight excluding hydrogens is 314 g/mol. The Bertz CT molecular complexity index is 784. The number of hydrogen-bond donors (Lipinski definition) is 0. The zero-order chi connectivity index (χ0) is 17.6. The number of hydrogen-bond acceptors (Lipinski definition) is 4. The first kappa shape index (κ1) is 16.1. The van der Waals surface area contributed by atoms with Crippen molar-refractivity contribution in [2.75, 3.05) is 24.5 Å². The largest absolute Gasteiger partial charge is 0.354 e. The molecule has 0 aromatic carbocycles. The Morgan fingerprint density at radius 1 is 1.28 bits per heavy atom. The fraction of sp³-hybridized carbons (Fsp3) is 0.526. The van der Waals surface area contributed by atoms with Crippen molar-refractivity contribution in [2.24, 2.45) is 13.0 Å². The minimum absolute atomic E-state index is 0.146. The summed E-state index contributed by atoms with van der Waals surface area (Å²) in [7, 11) is 1.93. The highest BCUT2D eigenvalue weighted by Crippen LogP contribution is 2.34. The van der Waals surface area contributed by atoms with Crippen LogP contribution < -0.4 is 4.90 Å². The van der Waals surface area contributed by atoms with E-state index in [2.05, 4.69) is 28.6 Å². The number of nitrogens with zero attached hydrogens (tertiary/aromatic N) is 5. The van der Waals surface area contributed by atoms with E-state index in [1.165, 1.54) is 0 Å². The lowest BCUT2D eigenvalue weighted by molar-refractivity contribution is 0.0728. The molecule has 4 rings (SSSR count). The number of carbonyl (C=O) groups is 1. The van der Waals surface area contributed by atoms with Crippen LogP contribution in [-0.2, 0) is 7.05 Å². The smallest absolute Gasteiger partial charge is 0.270 e. The number of amides is 1. The molecule has 4 heterocycles. The summed E-state index contributed by atoms with van der Waals surface area (Å²) in [6, 6.07) is 6.09. The Hall–Kier alpha value is -2.37. The molecule has 2 saturated heterocycles. The van der Waals surface area contributed by atoms with Gasteiger partial charge in [0.1, 0.15) is 17.3 Å². The molecule has 2 fully saturated rings. The molecule has 132 valence electrons. The number of carbonyl (C=O) groups excluding carboxylic acids is 1. The van der Waals surface area contributed by atoms with E-state index in [0.717, 1.165) is 43.4 Å². The zero-order valence-electron chi connectivity index (χ0n) is 15.1. The lowest BCUT2D eigenvalue weighted by Gasteiger charge is -2.25. The fourth-order valence-corrected chi connectivity index (χ4v) is 4.05. The van der Waals surface area contributed by atoms with Gasteiger partial charge in [-0.15, -0.1) is 0 Å². The van der Waals surface area contributed by atoms with Crippen molar-refractivity contribution in [3.8, 4) is 0 Å². The van der Waals surface area contributed by atoms with Gasteiger partial charge in [-0.3, -0.25) is 4.79 Å². The summed E-state index contributed by atoms with van der Waals surface area (Å²) in [5.41, 5.74) is 0.767. The Kier molecular flexibility index (Phi) is 3.98. The van der Waals surface area contributed by atoms with Gasteiger partial charge in [0.2, 0.25) is 0 Å². The Morgan fingerprint density at radius 2 is 2.12 bits per heavy atom. The molecule has 2 aliphatic heterocycles. The number of rotatable bonds is 3. The van der Waals surface area contributed by atoms with Crippen molar-refractivity contribution in [3.63, 3.8) is 0 Å². The Balaban J connectivity index is 1.53. The van der Waals surface area contributed by atoms with Crippen LogP contribution in [0.5, 0.6) is 0 Å². The van der Waals surface area contributed by atoms with Crippen molar-refractivity contribution in [1.29, 1.82) is 0 Å². The first-order chi connectivity index (χ1) is 12.0. The third-order valence-corrected chi connectivity index (χ3v) is 5.47. The van der Waals surface area contributed by atoms with Gasteiger partial charge in [-0.25, -0.2) is 9.97 Å². The molecule has 1 amide bonds. The predicted octanol–water partition coefficient (Wildman–Crippen LogP) is 2.29. The summed E-state index contributed by atoms with van der Waals surface area (Å²) >= 11 is 0. The maximum Gasteiger partial charge on any atom is 0.270 e. The third kappa shape index (κ3) is 2.79. The molecule has 0 N–H and O–H groups in total. The lowest BCUT2D eigenvalue weighted by atomic mass is 10.1. The van der Waals surface area contributed by atoms with Crippen LogP contribution in [0.25, 0.3) is 0 Å².